The van der Waals surface area contributed by atoms with E-state index in [1.807, 2.05) is 0 Å². The molecule has 6 nitrogen and oxygen atoms in total. The van der Waals surface area contributed by atoms with Crippen molar-refractivity contribution in [2.24, 2.45) is 11.8 Å². The van der Waals surface area contributed by atoms with Crippen LogP contribution in [-0.4, -0.2) is 37.2 Å². The Bertz CT molecular complexity index is 1100. The molecule has 0 radical (unpaired) electrons. The van der Waals surface area contributed by atoms with Crippen LogP contribution in [0.5, 0.6) is 0 Å². The minimum atomic E-state index is -0.764. The van der Waals surface area contributed by atoms with E-state index < -0.39 is 6.10 Å². The Balaban J connectivity index is 4.29. The monoisotopic (exact) mass is 1020 g/mol. The smallest absolute Gasteiger partial charge is 0.306 e. The van der Waals surface area contributed by atoms with Crippen LogP contribution in [0.1, 0.15) is 375 Å². The van der Waals surface area contributed by atoms with Gasteiger partial charge in [-0.05, 0) is 31.1 Å². The van der Waals surface area contributed by atoms with Crippen LogP contribution in [-0.2, 0) is 28.6 Å². The van der Waals surface area contributed by atoms with Gasteiger partial charge in [0.1, 0.15) is 13.2 Å². The van der Waals surface area contributed by atoms with E-state index in [2.05, 4.69) is 34.6 Å². The summed E-state index contributed by atoms with van der Waals surface area (Å²) in [5, 5.41) is 0. The van der Waals surface area contributed by atoms with Crippen molar-refractivity contribution in [1.82, 2.24) is 0 Å². The number of unbranched alkanes of at least 4 members (excludes halogenated alkanes) is 45. The molecule has 0 amide bonds. The summed E-state index contributed by atoms with van der Waals surface area (Å²) < 4.78 is 17.0. The van der Waals surface area contributed by atoms with Crippen LogP contribution in [0.3, 0.4) is 0 Å². The molecule has 0 unspecified atom stereocenters. The van der Waals surface area contributed by atoms with Gasteiger partial charge >= 0.3 is 17.9 Å². The Morgan fingerprint density at radius 1 is 0.264 bits per heavy atom. The fourth-order valence-electron chi connectivity index (χ4n) is 10.3. The van der Waals surface area contributed by atoms with Crippen LogP contribution in [0.25, 0.3) is 0 Å². The summed E-state index contributed by atoms with van der Waals surface area (Å²) in [6, 6.07) is 0. The number of carbonyl (C=O) groups is 3. The lowest BCUT2D eigenvalue weighted by Gasteiger charge is -2.18. The summed E-state index contributed by atoms with van der Waals surface area (Å²) in [7, 11) is 0. The van der Waals surface area contributed by atoms with Gasteiger partial charge in [0.25, 0.3) is 0 Å². The van der Waals surface area contributed by atoms with Crippen molar-refractivity contribution >= 4 is 17.9 Å². The summed E-state index contributed by atoms with van der Waals surface area (Å²) >= 11 is 0. The van der Waals surface area contributed by atoms with Crippen molar-refractivity contribution in [3.63, 3.8) is 0 Å². The first-order valence-electron chi connectivity index (χ1n) is 32.7. The molecular formula is C66H128O6. The fourth-order valence-corrected chi connectivity index (χ4v) is 10.3. The van der Waals surface area contributed by atoms with Crippen LogP contribution in [0.15, 0.2) is 0 Å². The van der Waals surface area contributed by atoms with E-state index >= 15 is 0 Å². The molecule has 428 valence electrons. The fraction of sp³-hybridized carbons (Fsp3) is 0.955. The van der Waals surface area contributed by atoms with E-state index in [9.17, 15) is 14.4 Å². The molecule has 0 bridgehead atoms. The van der Waals surface area contributed by atoms with Crippen molar-refractivity contribution in [3.8, 4) is 0 Å². The molecule has 0 aliphatic heterocycles. The summed E-state index contributed by atoms with van der Waals surface area (Å²) in [5.41, 5.74) is 0. The average molecular weight is 1020 g/mol. The summed E-state index contributed by atoms with van der Waals surface area (Å²) in [5.74, 6) is 0.868. The van der Waals surface area contributed by atoms with Crippen LogP contribution in [0.2, 0.25) is 0 Å². The summed E-state index contributed by atoms with van der Waals surface area (Å²) in [4.78, 5) is 38.4. The topological polar surface area (TPSA) is 78.9 Å². The highest BCUT2D eigenvalue weighted by molar-refractivity contribution is 5.71. The zero-order valence-corrected chi connectivity index (χ0v) is 49.6. The van der Waals surface area contributed by atoms with Gasteiger partial charge in [-0.2, -0.15) is 0 Å². The lowest BCUT2D eigenvalue weighted by atomic mass is 10.0. The van der Waals surface area contributed by atoms with E-state index in [0.29, 0.717) is 19.3 Å². The van der Waals surface area contributed by atoms with Gasteiger partial charge in [-0.25, -0.2) is 0 Å². The second-order valence-electron chi connectivity index (χ2n) is 23.7. The van der Waals surface area contributed by atoms with E-state index in [4.69, 9.17) is 14.2 Å². The van der Waals surface area contributed by atoms with Gasteiger partial charge in [0.05, 0.1) is 0 Å². The molecule has 0 N–H and O–H groups in total. The zero-order valence-electron chi connectivity index (χ0n) is 49.6. The minimum Gasteiger partial charge on any atom is -0.462 e. The molecule has 1 atom stereocenters. The highest BCUT2D eigenvalue weighted by Gasteiger charge is 2.19. The third-order valence-corrected chi connectivity index (χ3v) is 15.2. The highest BCUT2D eigenvalue weighted by atomic mass is 16.6. The Labute approximate surface area is 450 Å². The SMILES string of the molecule is CCCCCCCCCCCCCCCCCCCCC(=O)OC[C@@H](COC(=O)CCCCCCCCCCCCCCCCC(C)C)OC(=O)CCCCCCCCCCCCCCCCCCC(C)C. The first kappa shape index (κ1) is 70.4. The standard InChI is InChI=1S/C66H128O6/c1-6-7-8-9-10-11-12-13-14-15-16-20-26-31-36-41-46-51-56-64(67)70-59-63(60-71-65(68)57-52-47-42-37-32-27-23-22-25-30-35-40-45-50-55-62(4)5)72-66(69)58-53-48-43-38-33-28-21-18-17-19-24-29-34-39-44-49-54-61(2)3/h61-63H,6-60H2,1-5H3/t63-/m0/s1. The molecule has 0 spiro atoms. The largest absolute Gasteiger partial charge is 0.462 e. The van der Waals surface area contributed by atoms with Gasteiger partial charge in [0.15, 0.2) is 6.10 Å². The van der Waals surface area contributed by atoms with Gasteiger partial charge in [-0.1, -0.05) is 336 Å². The second-order valence-corrected chi connectivity index (χ2v) is 23.7. The van der Waals surface area contributed by atoms with Gasteiger partial charge in [-0.3, -0.25) is 14.4 Å². The number of hydrogen-bond acceptors (Lipinski definition) is 6. The van der Waals surface area contributed by atoms with Crippen LogP contribution in [0.4, 0.5) is 0 Å². The molecule has 0 aliphatic carbocycles. The van der Waals surface area contributed by atoms with E-state index in [0.717, 1.165) is 69.6 Å². The quantitative estimate of drug-likeness (QED) is 0.0343. The van der Waals surface area contributed by atoms with E-state index in [-0.39, 0.29) is 31.1 Å². The number of ether oxygens (including phenoxy) is 3. The molecule has 0 aromatic rings. The Kier molecular flexibility index (Phi) is 57.4. The van der Waals surface area contributed by atoms with Crippen molar-refractivity contribution in [3.05, 3.63) is 0 Å². The summed E-state index contributed by atoms with van der Waals surface area (Å²) in [6.45, 7) is 11.5. The molecule has 0 rings (SSSR count). The maximum atomic E-state index is 12.9. The van der Waals surface area contributed by atoms with Crippen molar-refractivity contribution < 1.29 is 28.6 Å². The van der Waals surface area contributed by atoms with Gasteiger partial charge in [0, 0.05) is 19.3 Å². The molecular weight excluding hydrogens is 889 g/mol. The average Bonchev–Trinajstić information content (AvgIpc) is 3.36. The highest BCUT2D eigenvalue weighted by Crippen LogP contribution is 2.19. The molecule has 0 aliphatic rings. The lowest BCUT2D eigenvalue weighted by molar-refractivity contribution is -0.167. The molecule has 0 fully saturated rings. The molecule has 0 saturated carbocycles. The molecule has 72 heavy (non-hydrogen) atoms. The van der Waals surface area contributed by atoms with Crippen LogP contribution >= 0.6 is 0 Å². The molecule has 0 aromatic heterocycles. The zero-order chi connectivity index (χ0) is 52.5. The molecule has 6 heteroatoms. The Morgan fingerprint density at radius 3 is 0.681 bits per heavy atom. The van der Waals surface area contributed by atoms with Crippen molar-refractivity contribution in [2.75, 3.05) is 13.2 Å². The Hall–Kier alpha value is -1.59. The molecule has 0 aromatic carbocycles. The van der Waals surface area contributed by atoms with E-state index in [1.165, 1.54) is 263 Å². The van der Waals surface area contributed by atoms with Crippen molar-refractivity contribution in [2.45, 2.75) is 381 Å². The maximum Gasteiger partial charge on any atom is 0.306 e. The predicted octanol–water partition coefficient (Wildman–Crippen LogP) is 22.0. The van der Waals surface area contributed by atoms with Gasteiger partial charge in [-0.15, -0.1) is 0 Å². The second kappa shape index (κ2) is 58.7. The first-order chi connectivity index (χ1) is 35.2. The molecule has 0 heterocycles. The maximum absolute atomic E-state index is 12.9. The third-order valence-electron chi connectivity index (χ3n) is 15.2. The van der Waals surface area contributed by atoms with Gasteiger partial charge in [0.2, 0.25) is 0 Å². The first-order valence-corrected chi connectivity index (χ1v) is 32.7. The van der Waals surface area contributed by atoms with E-state index in [1.54, 1.807) is 0 Å². The molecule has 0 saturated heterocycles. The number of hydrogen-bond donors (Lipinski definition) is 0. The number of rotatable bonds is 60. The van der Waals surface area contributed by atoms with Crippen LogP contribution in [0, 0.1) is 11.8 Å². The third kappa shape index (κ3) is 59.3. The normalized spacial score (nSPS) is 12.0. The minimum absolute atomic E-state index is 0.0616. The lowest BCUT2D eigenvalue weighted by Crippen LogP contribution is -2.30. The number of carbonyl (C=O) groups excluding carboxylic acids is 3. The van der Waals surface area contributed by atoms with Crippen LogP contribution < -0.4 is 0 Å². The number of esters is 3. The van der Waals surface area contributed by atoms with Crippen molar-refractivity contribution in [1.29, 1.82) is 0 Å². The Morgan fingerprint density at radius 2 is 0.458 bits per heavy atom. The summed E-state index contributed by atoms with van der Waals surface area (Å²) in [6.07, 6.45) is 65.3. The van der Waals surface area contributed by atoms with Gasteiger partial charge < -0.3 is 14.2 Å². The predicted molar refractivity (Wildman–Crippen MR) is 312 cm³/mol.